The number of benzene rings is 2. The van der Waals surface area contributed by atoms with E-state index in [1.807, 2.05) is 18.4 Å². The average Bonchev–Trinajstić information content (AvgIpc) is 3.15. The number of carboxylic acid groups (broad SMARTS) is 1. The summed E-state index contributed by atoms with van der Waals surface area (Å²) >= 11 is 1.54. The summed E-state index contributed by atoms with van der Waals surface area (Å²) < 4.78 is 45.6. The van der Waals surface area contributed by atoms with Crippen molar-refractivity contribution in [3.05, 3.63) is 70.9 Å². The number of hydrogen-bond acceptors (Lipinski definition) is 4. The maximum Gasteiger partial charge on any atom is 0.416 e. The molecule has 0 spiro atoms. The highest BCUT2D eigenvalue weighted by Crippen LogP contribution is 2.40. The molecule has 0 saturated carbocycles. The molecule has 0 saturated heterocycles. The summed E-state index contributed by atoms with van der Waals surface area (Å²) in [7, 11) is 0. The van der Waals surface area contributed by atoms with Crippen molar-refractivity contribution < 1.29 is 32.6 Å². The molecule has 2 aromatic carbocycles. The number of halogens is 3. The topological polar surface area (TPSA) is 68.5 Å². The van der Waals surface area contributed by atoms with Crippen LogP contribution in [0.25, 0.3) is 10.9 Å². The maximum absolute atomic E-state index is 13.1. The first kappa shape index (κ1) is 24.7. The second-order valence-electron chi connectivity index (χ2n) is 7.62. The Balaban J connectivity index is 2.26. The van der Waals surface area contributed by atoms with Gasteiger partial charge in [-0.25, -0.2) is 4.79 Å². The summed E-state index contributed by atoms with van der Waals surface area (Å²) in [6.07, 6.45) is -2.32. The van der Waals surface area contributed by atoms with E-state index in [1.165, 1.54) is 30.1 Å². The lowest BCUT2D eigenvalue weighted by Gasteiger charge is -2.23. The summed E-state index contributed by atoms with van der Waals surface area (Å²) in [4.78, 5) is 24.7. The molecule has 0 amide bonds. The zero-order valence-electron chi connectivity index (χ0n) is 18.3. The van der Waals surface area contributed by atoms with Crippen molar-refractivity contribution in [2.75, 3.05) is 12.9 Å². The standard InChI is InChI=1S/C24H24F3NO4S/c1-4-32-22(29)14(2)20(15-8-10-17(11-9-15)24(25,26)27)19-12-28(23(30)31)21-16(13-33-3)6-5-7-18(19)21/h5-12,14,20H,4,13H2,1-3H3,(H,30,31). The number of alkyl halides is 3. The van der Waals surface area contributed by atoms with Crippen LogP contribution in [-0.4, -0.2) is 34.6 Å². The molecule has 9 heteroatoms. The normalized spacial score (nSPS) is 13.6. The lowest BCUT2D eigenvalue weighted by molar-refractivity contribution is -0.147. The predicted octanol–water partition coefficient (Wildman–Crippen LogP) is 6.38. The highest BCUT2D eigenvalue weighted by molar-refractivity contribution is 7.97. The second kappa shape index (κ2) is 9.91. The van der Waals surface area contributed by atoms with Gasteiger partial charge in [0.1, 0.15) is 0 Å². The van der Waals surface area contributed by atoms with Crippen LogP contribution in [0.5, 0.6) is 0 Å². The summed E-state index contributed by atoms with van der Waals surface area (Å²) in [5.74, 6) is -1.41. The van der Waals surface area contributed by atoms with E-state index in [2.05, 4.69) is 0 Å². The molecule has 2 unspecified atom stereocenters. The quantitative estimate of drug-likeness (QED) is 0.398. The molecule has 0 radical (unpaired) electrons. The predicted molar refractivity (Wildman–Crippen MR) is 122 cm³/mol. The molecule has 176 valence electrons. The third-order valence-corrected chi connectivity index (χ3v) is 6.14. The minimum Gasteiger partial charge on any atom is -0.466 e. The lowest BCUT2D eigenvalue weighted by atomic mass is 9.81. The van der Waals surface area contributed by atoms with Gasteiger partial charge >= 0.3 is 18.2 Å². The molecule has 5 nitrogen and oxygen atoms in total. The zero-order valence-corrected chi connectivity index (χ0v) is 19.2. The fourth-order valence-corrected chi connectivity index (χ4v) is 4.62. The van der Waals surface area contributed by atoms with Gasteiger partial charge in [0.2, 0.25) is 0 Å². The smallest absolute Gasteiger partial charge is 0.416 e. The van der Waals surface area contributed by atoms with Crippen LogP contribution in [0.4, 0.5) is 18.0 Å². The number of nitrogens with zero attached hydrogens (tertiary/aromatic N) is 1. The van der Waals surface area contributed by atoms with E-state index >= 15 is 0 Å². The van der Waals surface area contributed by atoms with E-state index < -0.39 is 35.6 Å². The summed E-state index contributed by atoms with van der Waals surface area (Å²) in [6.45, 7) is 3.45. The van der Waals surface area contributed by atoms with Gasteiger partial charge in [0.15, 0.2) is 0 Å². The minimum atomic E-state index is -4.49. The Kier molecular flexibility index (Phi) is 7.41. The van der Waals surface area contributed by atoms with E-state index in [0.29, 0.717) is 27.8 Å². The van der Waals surface area contributed by atoms with Crippen LogP contribution in [0.2, 0.25) is 0 Å². The molecule has 2 atom stereocenters. The molecule has 3 aromatic rings. The Bertz CT molecular complexity index is 1150. The van der Waals surface area contributed by atoms with Gasteiger partial charge in [-0.3, -0.25) is 9.36 Å². The largest absolute Gasteiger partial charge is 0.466 e. The zero-order chi connectivity index (χ0) is 24.3. The molecule has 0 bridgehead atoms. The van der Waals surface area contributed by atoms with Crippen molar-refractivity contribution in [3.63, 3.8) is 0 Å². The Hall–Kier alpha value is -2.94. The number of hydrogen-bond donors (Lipinski definition) is 1. The van der Waals surface area contributed by atoms with E-state index in [4.69, 9.17) is 4.74 Å². The molecule has 0 aliphatic heterocycles. The molecule has 0 fully saturated rings. The van der Waals surface area contributed by atoms with Gasteiger partial charge < -0.3 is 9.84 Å². The van der Waals surface area contributed by atoms with Crippen LogP contribution in [-0.2, 0) is 21.5 Å². The molecule has 1 heterocycles. The Morgan fingerprint density at radius 3 is 2.36 bits per heavy atom. The molecular formula is C24H24F3NO4S. The number of para-hydroxylation sites is 1. The molecule has 0 aliphatic carbocycles. The van der Waals surface area contributed by atoms with Gasteiger partial charge in [-0.2, -0.15) is 24.9 Å². The van der Waals surface area contributed by atoms with Crippen LogP contribution in [0.1, 0.15) is 42.0 Å². The molecule has 0 aliphatic rings. The number of carbonyl (C=O) groups excluding carboxylic acids is 1. The third kappa shape index (κ3) is 5.03. The Labute approximate surface area is 193 Å². The first-order valence-electron chi connectivity index (χ1n) is 10.3. The third-order valence-electron chi connectivity index (χ3n) is 5.54. The van der Waals surface area contributed by atoms with Gasteiger partial charge in [0, 0.05) is 23.3 Å². The maximum atomic E-state index is 13.1. The van der Waals surface area contributed by atoms with Crippen LogP contribution in [0.3, 0.4) is 0 Å². The van der Waals surface area contributed by atoms with Crippen molar-refractivity contribution in [1.82, 2.24) is 4.57 Å². The molecule has 1 N–H and O–H groups in total. The number of carbonyl (C=O) groups is 2. The van der Waals surface area contributed by atoms with E-state index in [9.17, 15) is 27.9 Å². The van der Waals surface area contributed by atoms with Crippen LogP contribution >= 0.6 is 11.8 Å². The Morgan fingerprint density at radius 2 is 1.82 bits per heavy atom. The number of rotatable bonds is 7. The fourth-order valence-electron chi connectivity index (χ4n) is 4.08. The van der Waals surface area contributed by atoms with E-state index in [-0.39, 0.29) is 6.61 Å². The molecule has 1 aromatic heterocycles. The average molecular weight is 480 g/mol. The summed E-state index contributed by atoms with van der Waals surface area (Å²) in [5, 5.41) is 10.5. The van der Waals surface area contributed by atoms with Gasteiger partial charge in [-0.1, -0.05) is 37.3 Å². The summed E-state index contributed by atoms with van der Waals surface area (Å²) in [6, 6.07) is 10.0. The summed E-state index contributed by atoms with van der Waals surface area (Å²) in [5.41, 5.74) is 1.51. The van der Waals surface area contributed by atoms with Crippen LogP contribution in [0.15, 0.2) is 48.7 Å². The number of ether oxygens (including phenoxy) is 1. The Morgan fingerprint density at radius 1 is 1.15 bits per heavy atom. The van der Waals surface area contributed by atoms with Crippen molar-refractivity contribution in [1.29, 1.82) is 0 Å². The monoisotopic (exact) mass is 479 g/mol. The molecule has 33 heavy (non-hydrogen) atoms. The fraction of sp³-hybridized carbons (Fsp3) is 0.333. The first-order valence-corrected chi connectivity index (χ1v) is 11.7. The first-order chi connectivity index (χ1) is 15.6. The van der Waals surface area contributed by atoms with E-state index in [0.717, 1.165) is 22.3 Å². The van der Waals surface area contributed by atoms with E-state index in [1.54, 1.807) is 19.9 Å². The molecule has 3 rings (SSSR count). The highest BCUT2D eigenvalue weighted by Gasteiger charge is 2.34. The van der Waals surface area contributed by atoms with Gasteiger partial charge in [0.25, 0.3) is 0 Å². The highest BCUT2D eigenvalue weighted by atomic mass is 32.2. The van der Waals surface area contributed by atoms with Crippen LogP contribution in [0, 0.1) is 5.92 Å². The number of aromatic nitrogens is 1. The lowest BCUT2D eigenvalue weighted by Crippen LogP contribution is -2.23. The van der Waals surface area contributed by atoms with Crippen molar-refractivity contribution in [3.8, 4) is 0 Å². The SMILES string of the molecule is CCOC(=O)C(C)C(c1ccc(C(F)(F)F)cc1)c1cn(C(=O)O)c2c(CSC)cccc12. The van der Waals surface area contributed by atoms with Gasteiger partial charge in [-0.15, -0.1) is 0 Å². The van der Waals surface area contributed by atoms with Crippen molar-refractivity contribution in [2.45, 2.75) is 31.7 Å². The second-order valence-corrected chi connectivity index (χ2v) is 8.49. The van der Waals surface area contributed by atoms with Gasteiger partial charge in [0.05, 0.1) is 23.6 Å². The van der Waals surface area contributed by atoms with Gasteiger partial charge in [-0.05, 0) is 42.0 Å². The van der Waals surface area contributed by atoms with Crippen molar-refractivity contribution >= 4 is 34.7 Å². The number of thioether (sulfide) groups is 1. The van der Waals surface area contributed by atoms with Crippen LogP contribution < -0.4 is 0 Å². The molecular weight excluding hydrogens is 455 g/mol. The number of fused-ring (bicyclic) bond motifs is 1. The minimum absolute atomic E-state index is 0.150. The number of esters is 1. The van der Waals surface area contributed by atoms with Crippen molar-refractivity contribution in [2.24, 2.45) is 5.92 Å².